The third kappa shape index (κ3) is 4.77. The quantitative estimate of drug-likeness (QED) is 0.476. The highest BCUT2D eigenvalue weighted by atomic mass is 19.1. The second-order valence-electron chi connectivity index (χ2n) is 4.54. The number of nitrogens with zero attached hydrogens (tertiary/aromatic N) is 2. The number of amides is 1. The number of nitro benzene ring substituents is 1. The van der Waals surface area contributed by atoms with Gasteiger partial charge in [0.25, 0.3) is 11.6 Å². The van der Waals surface area contributed by atoms with Crippen LogP contribution in [0.4, 0.5) is 10.1 Å². The molecule has 0 aromatic heterocycles. The van der Waals surface area contributed by atoms with Crippen LogP contribution >= 0.6 is 0 Å². The molecule has 2 aromatic rings. The third-order valence-corrected chi connectivity index (χ3v) is 2.78. The average Bonchev–Trinajstić information content (AvgIpc) is 2.54. The topological polar surface area (TPSA) is 114 Å². The van der Waals surface area contributed by atoms with E-state index in [0.717, 1.165) is 30.5 Å². The molecule has 0 aliphatic carbocycles. The number of hydrogen-bond acceptors (Lipinski definition) is 6. The van der Waals surface area contributed by atoms with Gasteiger partial charge in [-0.3, -0.25) is 14.9 Å². The molecule has 9 heteroatoms. The zero-order valence-corrected chi connectivity index (χ0v) is 12.2. The van der Waals surface area contributed by atoms with Gasteiger partial charge in [0.05, 0.1) is 11.1 Å². The summed E-state index contributed by atoms with van der Waals surface area (Å²) in [7, 11) is 0. The van der Waals surface area contributed by atoms with Crippen molar-refractivity contribution in [3.63, 3.8) is 0 Å². The zero-order chi connectivity index (χ0) is 17.5. The summed E-state index contributed by atoms with van der Waals surface area (Å²) in [6.07, 6.45) is 1.06. The molecule has 0 spiro atoms. The lowest BCUT2D eigenvalue weighted by Gasteiger charge is -2.04. The minimum absolute atomic E-state index is 0.0653. The lowest BCUT2D eigenvalue weighted by atomic mass is 10.2. The Morgan fingerprint density at radius 1 is 1.38 bits per heavy atom. The van der Waals surface area contributed by atoms with Crippen LogP contribution in [0.1, 0.15) is 5.56 Å². The van der Waals surface area contributed by atoms with Crippen LogP contribution in [0.3, 0.4) is 0 Å². The van der Waals surface area contributed by atoms with Gasteiger partial charge < -0.3 is 9.84 Å². The number of carbonyl (C=O) groups is 1. The number of nitrogens with one attached hydrogen (secondary N) is 1. The Bertz CT molecular complexity index is 794. The van der Waals surface area contributed by atoms with Gasteiger partial charge in [-0.05, 0) is 18.2 Å². The molecule has 0 atom stereocenters. The molecule has 0 saturated heterocycles. The monoisotopic (exact) mass is 333 g/mol. The van der Waals surface area contributed by atoms with Crippen LogP contribution in [-0.2, 0) is 4.79 Å². The lowest BCUT2D eigenvalue weighted by molar-refractivity contribution is -0.384. The van der Waals surface area contributed by atoms with Crippen LogP contribution in [0.2, 0.25) is 0 Å². The van der Waals surface area contributed by atoms with Crippen LogP contribution < -0.4 is 10.2 Å². The molecule has 0 fully saturated rings. The predicted octanol–water partition coefficient (Wildman–Crippen LogP) is 1.97. The molecule has 2 rings (SSSR count). The van der Waals surface area contributed by atoms with Crippen molar-refractivity contribution >= 4 is 17.8 Å². The lowest BCUT2D eigenvalue weighted by Crippen LogP contribution is -2.24. The number of hydrazone groups is 1. The number of benzene rings is 2. The van der Waals surface area contributed by atoms with Gasteiger partial charge in [0, 0.05) is 23.8 Å². The molecule has 0 heterocycles. The summed E-state index contributed by atoms with van der Waals surface area (Å²) in [4.78, 5) is 21.6. The van der Waals surface area contributed by atoms with Gasteiger partial charge in [-0.2, -0.15) is 5.10 Å². The number of rotatable bonds is 6. The number of carbonyl (C=O) groups excluding carboxylic acids is 1. The van der Waals surface area contributed by atoms with Crippen molar-refractivity contribution in [2.75, 3.05) is 6.61 Å². The molecule has 1 amide bonds. The summed E-state index contributed by atoms with van der Waals surface area (Å²) >= 11 is 0. The first-order valence-electron chi connectivity index (χ1n) is 6.63. The molecule has 124 valence electrons. The minimum Gasteiger partial charge on any atom is -0.507 e. The highest BCUT2D eigenvalue weighted by Crippen LogP contribution is 2.21. The first kappa shape index (κ1) is 16.9. The Kier molecular flexibility index (Phi) is 5.40. The Morgan fingerprint density at radius 2 is 2.17 bits per heavy atom. The summed E-state index contributed by atoms with van der Waals surface area (Å²) in [6.45, 7) is -0.401. The van der Waals surface area contributed by atoms with Crippen molar-refractivity contribution < 1.29 is 24.0 Å². The summed E-state index contributed by atoms with van der Waals surface area (Å²) in [6, 6.07) is 8.67. The summed E-state index contributed by atoms with van der Waals surface area (Å²) in [5.74, 6) is -1.16. The number of halogens is 1. The molecule has 2 N–H and O–H groups in total. The van der Waals surface area contributed by atoms with E-state index in [4.69, 9.17) is 4.74 Å². The first-order valence-corrected chi connectivity index (χ1v) is 6.63. The van der Waals surface area contributed by atoms with Crippen LogP contribution in [0.5, 0.6) is 11.5 Å². The summed E-state index contributed by atoms with van der Waals surface area (Å²) < 4.78 is 18.0. The van der Waals surface area contributed by atoms with Crippen molar-refractivity contribution in [2.45, 2.75) is 0 Å². The smallest absolute Gasteiger partial charge is 0.277 e. The molecule has 0 aliphatic heterocycles. The molecular weight excluding hydrogens is 321 g/mol. The van der Waals surface area contributed by atoms with Crippen molar-refractivity contribution in [3.05, 3.63) is 64.0 Å². The van der Waals surface area contributed by atoms with Gasteiger partial charge in [-0.25, -0.2) is 9.82 Å². The number of non-ortho nitro benzene ring substituents is 1. The van der Waals surface area contributed by atoms with Gasteiger partial charge in [-0.1, -0.05) is 6.07 Å². The summed E-state index contributed by atoms with van der Waals surface area (Å²) in [5.41, 5.74) is 1.96. The van der Waals surface area contributed by atoms with Gasteiger partial charge in [0.15, 0.2) is 6.61 Å². The molecule has 0 saturated carbocycles. The van der Waals surface area contributed by atoms with Gasteiger partial charge in [0.2, 0.25) is 0 Å². The Balaban J connectivity index is 1.90. The molecule has 0 aliphatic rings. The Morgan fingerprint density at radius 3 is 2.88 bits per heavy atom. The molecule has 0 bridgehead atoms. The number of hydrogen-bond donors (Lipinski definition) is 2. The van der Waals surface area contributed by atoms with E-state index >= 15 is 0 Å². The van der Waals surface area contributed by atoms with E-state index in [1.165, 1.54) is 18.2 Å². The maximum absolute atomic E-state index is 12.9. The third-order valence-electron chi connectivity index (χ3n) is 2.78. The number of phenols is 1. The largest absolute Gasteiger partial charge is 0.507 e. The zero-order valence-electron chi connectivity index (χ0n) is 12.2. The Labute approximate surface area is 135 Å². The maximum atomic E-state index is 12.9. The van der Waals surface area contributed by atoms with E-state index in [1.54, 1.807) is 0 Å². The van der Waals surface area contributed by atoms with Crippen molar-refractivity contribution in [3.8, 4) is 11.5 Å². The fraction of sp³-hybridized carbons (Fsp3) is 0.0667. The van der Waals surface area contributed by atoms with Gasteiger partial charge in [0.1, 0.15) is 17.3 Å². The molecule has 8 nitrogen and oxygen atoms in total. The van der Waals surface area contributed by atoms with E-state index in [-0.39, 0.29) is 22.7 Å². The predicted molar refractivity (Wildman–Crippen MR) is 82.4 cm³/mol. The second kappa shape index (κ2) is 7.68. The van der Waals surface area contributed by atoms with E-state index in [0.29, 0.717) is 0 Å². The average molecular weight is 333 g/mol. The number of ether oxygens (including phenoxy) is 1. The van der Waals surface area contributed by atoms with Crippen molar-refractivity contribution in [1.82, 2.24) is 5.43 Å². The normalized spacial score (nSPS) is 10.5. The SMILES string of the molecule is O=C(COc1cccc(F)c1)N/N=C/c1cc([N+](=O)[O-])ccc1O. The van der Waals surface area contributed by atoms with Crippen LogP contribution in [0, 0.1) is 15.9 Å². The molecule has 24 heavy (non-hydrogen) atoms. The fourth-order valence-electron chi connectivity index (χ4n) is 1.67. The van der Waals surface area contributed by atoms with Crippen LogP contribution in [-0.4, -0.2) is 28.8 Å². The fourth-order valence-corrected chi connectivity index (χ4v) is 1.67. The van der Waals surface area contributed by atoms with Crippen molar-refractivity contribution in [2.24, 2.45) is 5.10 Å². The first-order chi connectivity index (χ1) is 11.5. The van der Waals surface area contributed by atoms with Gasteiger partial charge in [-0.15, -0.1) is 0 Å². The van der Waals surface area contributed by atoms with E-state index in [9.17, 15) is 24.4 Å². The molecule has 0 radical (unpaired) electrons. The number of phenolic OH excluding ortho intramolecular Hbond substituents is 1. The van der Waals surface area contributed by atoms with E-state index in [1.807, 2.05) is 0 Å². The minimum atomic E-state index is -0.625. The molecule has 0 unspecified atom stereocenters. The second-order valence-corrected chi connectivity index (χ2v) is 4.54. The standard InChI is InChI=1S/C15H12FN3O5/c16-11-2-1-3-13(7-11)24-9-15(21)18-17-8-10-6-12(19(22)23)4-5-14(10)20/h1-8,20H,9H2,(H,18,21)/b17-8+. The van der Waals surface area contributed by atoms with Crippen molar-refractivity contribution in [1.29, 1.82) is 0 Å². The molecule has 2 aromatic carbocycles. The van der Waals surface area contributed by atoms with Crippen LogP contribution in [0.15, 0.2) is 47.6 Å². The highest BCUT2D eigenvalue weighted by Gasteiger charge is 2.09. The number of aromatic hydroxyl groups is 1. The molecular formula is C15H12FN3O5. The van der Waals surface area contributed by atoms with Crippen LogP contribution in [0.25, 0.3) is 0 Å². The van der Waals surface area contributed by atoms with E-state index in [2.05, 4.69) is 10.5 Å². The van der Waals surface area contributed by atoms with Gasteiger partial charge >= 0.3 is 0 Å². The maximum Gasteiger partial charge on any atom is 0.277 e. The summed E-state index contributed by atoms with van der Waals surface area (Å²) in [5, 5.41) is 23.8. The highest BCUT2D eigenvalue weighted by molar-refractivity contribution is 5.86. The Hall–Kier alpha value is -3.49. The van der Waals surface area contributed by atoms with E-state index < -0.39 is 23.3 Å². The number of nitro groups is 1.